The molecule has 0 fully saturated rings. The summed E-state index contributed by atoms with van der Waals surface area (Å²) in [6.07, 6.45) is 2.02. The zero-order valence-corrected chi connectivity index (χ0v) is 24.0. The molecule has 230 valence electrons. The first-order chi connectivity index (χ1) is 18.6. The Hall–Kier alpha value is -1.87. The molecule has 0 spiro atoms. The molecule has 0 saturated heterocycles. The summed E-state index contributed by atoms with van der Waals surface area (Å²) in [7, 11) is 5.47. The molecule has 13 nitrogen and oxygen atoms in total. The number of rotatable bonds is 25. The van der Waals surface area contributed by atoms with E-state index < -0.39 is 29.9 Å². The van der Waals surface area contributed by atoms with Crippen LogP contribution in [0.15, 0.2) is 0 Å². The molecule has 0 aliphatic heterocycles. The van der Waals surface area contributed by atoms with Crippen LogP contribution >= 0.6 is 0 Å². The molecule has 39 heavy (non-hydrogen) atoms. The number of nitrogens with zero attached hydrogens (tertiary/aromatic N) is 3. The highest BCUT2D eigenvalue weighted by Gasteiger charge is 2.35. The van der Waals surface area contributed by atoms with Gasteiger partial charge in [0, 0.05) is 59.1 Å². The van der Waals surface area contributed by atoms with Gasteiger partial charge in [-0.1, -0.05) is 0 Å². The first-order valence-corrected chi connectivity index (χ1v) is 13.6. The van der Waals surface area contributed by atoms with E-state index in [4.69, 9.17) is 29.5 Å². The fraction of sp³-hybridized carbons (Fsp3) is 0.885. The lowest BCUT2D eigenvalue weighted by Gasteiger charge is -2.30. The minimum absolute atomic E-state index is 0.0587. The molecule has 0 heterocycles. The van der Waals surface area contributed by atoms with Crippen molar-refractivity contribution < 1.29 is 49.0 Å². The Morgan fingerprint density at radius 3 is 1.05 bits per heavy atom. The molecule has 0 aromatic carbocycles. The van der Waals surface area contributed by atoms with Crippen LogP contribution in [0.5, 0.6) is 0 Å². The Kier molecular flexibility index (Phi) is 21.8. The van der Waals surface area contributed by atoms with Gasteiger partial charge < -0.3 is 49.3 Å². The molecule has 4 N–H and O–H groups in total. The molecule has 13 heteroatoms. The van der Waals surface area contributed by atoms with Crippen LogP contribution < -0.4 is 0 Å². The molecule has 0 aromatic rings. The first-order valence-electron chi connectivity index (χ1n) is 13.6. The number of hydrogen-bond acceptors (Lipinski definition) is 13. The summed E-state index contributed by atoms with van der Waals surface area (Å²) in [5, 5.41) is 37.0. The van der Waals surface area contributed by atoms with E-state index in [1.165, 1.54) is 0 Å². The van der Waals surface area contributed by atoms with Crippen molar-refractivity contribution >= 4 is 17.9 Å². The predicted octanol–water partition coefficient (Wildman–Crippen LogP) is -1.29. The van der Waals surface area contributed by atoms with E-state index in [1.807, 2.05) is 35.8 Å². The van der Waals surface area contributed by atoms with Gasteiger partial charge in [0.05, 0.1) is 31.3 Å². The topological polar surface area (TPSA) is 170 Å². The lowest BCUT2D eigenvalue weighted by molar-refractivity contribution is -0.165. The van der Waals surface area contributed by atoms with Crippen molar-refractivity contribution in [2.24, 2.45) is 5.41 Å². The van der Waals surface area contributed by atoms with E-state index in [0.717, 1.165) is 0 Å². The third-order valence-corrected chi connectivity index (χ3v) is 6.14. The zero-order valence-electron chi connectivity index (χ0n) is 24.0. The average Bonchev–Trinajstić information content (AvgIpc) is 2.94. The van der Waals surface area contributed by atoms with Crippen LogP contribution in [0, 0.1) is 5.41 Å². The van der Waals surface area contributed by atoms with Gasteiger partial charge in [-0.25, -0.2) is 0 Å². The largest absolute Gasteiger partial charge is 0.465 e. The highest BCUT2D eigenvalue weighted by molar-refractivity contribution is 5.70. The fourth-order valence-corrected chi connectivity index (χ4v) is 3.38. The Balaban J connectivity index is 5.01. The standard InChI is InChI=1S/C26H51N3O10/c1-27(10-4-16-30)13-7-23(34)37-20-26(19-33,21-38-24(35)8-14-28(2)11-5-17-31)22-39-25(36)9-15-29(3)12-6-18-32/h30-33H,4-22H2,1-3H3. The van der Waals surface area contributed by atoms with Crippen molar-refractivity contribution in [3.8, 4) is 0 Å². The molecule has 0 atom stereocenters. The molecule has 0 saturated carbocycles. The highest BCUT2D eigenvalue weighted by Crippen LogP contribution is 2.20. The molecular formula is C26H51N3O10. The van der Waals surface area contributed by atoms with Gasteiger partial charge in [-0.2, -0.15) is 0 Å². The molecule has 0 aliphatic rings. The summed E-state index contributed by atoms with van der Waals surface area (Å²) in [6, 6.07) is 0. The molecule has 0 aromatic heterocycles. The molecule has 0 aliphatic carbocycles. The van der Waals surface area contributed by atoms with E-state index >= 15 is 0 Å². The van der Waals surface area contributed by atoms with Crippen molar-refractivity contribution in [2.75, 3.05) is 107 Å². The highest BCUT2D eigenvalue weighted by atomic mass is 16.6. The van der Waals surface area contributed by atoms with Crippen molar-refractivity contribution in [3.05, 3.63) is 0 Å². The van der Waals surface area contributed by atoms with Gasteiger partial charge in [0.2, 0.25) is 0 Å². The molecule has 0 unspecified atom stereocenters. The molecule has 0 amide bonds. The Morgan fingerprint density at radius 2 is 0.821 bits per heavy atom. The number of ether oxygens (including phenoxy) is 3. The summed E-state index contributed by atoms with van der Waals surface area (Å²) in [5.41, 5.74) is -1.32. The van der Waals surface area contributed by atoms with Crippen LogP contribution in [-0.2, 0) is 28.6 Å². The second-order valence-corrected chi connectivity index (χ2v) is 10.0. The average molecular weight is 566 g/mol. The van der Waals surface area contributed by atoms with E-state index in [1.54, 1.807) is 0 Å². The second kappa shape index (κ2) is 22.9. The number of aliphatic hydroxyl groups excluding tert-OH is 4. The number of carbonyl (C=O) groups excluding carboxylic acids is 3. The zero-order chi connectivity index (χ0) is 29.5. The maximum absolute atomic E-state index is 12.3. The lowest BCUT2D eigenvalue weighted by atomic mass is 9.92. The number of hydrogen-bond donors (Lipinski definition) is 4. The number of esters is 3. The van der Waals surface area contributed by atoms with Crippen LogP contribution in [0.4, 0.5) is 0 Å². The van der Waals surface area contributed by atoms with Gasteiger partial charge in [0.15, 0.2) is 0 Å². The third-order valence-electron chi connectivity index (χ3n) is 6.14. The quantitative estimate of drug-likeness (QED) is 0.0762. The molecule has 0 bridgehead atoms. The van der Waals surface area contributed by atoms with Gasteiger partial charge in [-0.15, -0.1) is 0 Å². The van der Waals surface area contributed by atoms with Gasteiger partial charge in [0.1, 0.15) is 19.8 Å². The molecule has 0 rings (SSSR count). The van der Waals surface area contributed by atoms with E-state index in [-0.39, 0.29) is 58.9 Å². The SMILES string of the molecule is CN(CCCO)CCC(=O)OCC(CO)(COC(=O)CCN(C)CCCO)COC(=O)CCN(C)CCCO. The minimum Gasteiger partial charge on any atom is -0.465 e. The molecule has 0 radical (unpaired) electrons. The van der Waals surface area contributed by atoms with E-state index in [2.05, 4.69) is 0 Å². The summed E-state index contributed by atoms with van der Waals surface area (Å²) >= 11 is 0. The van der Waals surface area contributed by atoms with Gasteiger partial charge in [-0.05, 0) is 40.4 Å². The molecular weight excluding hydrogens is 514 g/mol. The summed E-state index contributed by atoms with van der Waals surface area (Å²) < 4.78 is 16.1. The second-order valence-electron chi connectivity index (χ2n) is 10.0. The normalized spacial score (nSPS) is 11.8. The van der Waals surface area contributed by atoms with Crippen molar-refractivity contribution in [1.82, 2.24) is 14.7 Å². The minimum atomic E-state index is -1.32. The monoisotopic (exact) mass is 565 g/mol. The fourth-order valence-electron chi connectivity index (χ4n) is 3.38. The van der Waals surface area contributed by atoms with E-state index in [0.29, 0.717) is 58.5 Å². The lowest BCUT2D eigenvalue weighted by Crippen LogP contribution is -2.43. The predicted molar refractivity (Wildman–Crippen MR) is 144 cm³/mol. The summed E-state index contributed by atoms with van der Waals surface area (Å²) in [6.45, 7) is 1.83. The van der Waals surface area contributed by atoms with Crippen LogP contribution in [0.3, 0.4) is 0 Å². The third kappa shape index (κ3) is 19.8. The summed E-state index contributed by atoms with van der Waals surface area (Å²) in [4.78, 5) is 42.7. The van der Waals surface area contributed by atoms with Crippen LogP contribution in [0.1, 0.15) is 38.5 Å². The maximum atomic E-state index is 12.3. The van der Waals surface area contributed by atoms with E-state index in [9.17, 15) is 19.5 Å². The Labute approximate surface area is 232 Å². The Morgan fingerprint density at radius 1 is 0.538 bits per heavy atom. The van der Waals surface area contributed by atoms with Crippen molar-refractivity contribution in [2.45, 2.75) is 38.5 Å². The maximum Gasteiger partial charge on any atom is 0.307 e. The number of aliphatic hydroxyl groups is 4. The van der Waals surface area contributed by atoms with Gasteiger partial charge in [0.25, 0.3) is 0 Å². The smallest absolute Gasteiger partial charge is 0.307 e. The summed E-state index contributed by atoms with van der Waals surface area (Å²) in [5.74, 6) is -1.55. The van der Waals surface area contributed by atoms with Crippen molar-refractivity contribution in [3.63, 3.8) is 0 Å². The van der Waals surface area contributed by atoms with Crippen molar-refractivity contribution in [1.29, 1.82) is 0 Å². The van der Waals surface area contributed by atoms with Crippen LogP contribution in [0.25, 0.3) is 0 Å². The van der Waals surface area contributed by atoms with Gasteiger partial charge >= 0.3 is 17.9 Å². The van der Waals surface area contributed by atoms with Gasteiger partial charge in [-0.3, -0.25) is 14.4 Å². The van der Waals surface area contributed by atoms with Crippen LogP contribution in [0.2, 0.25) is 0 Å². The first kappa shape index (κ1) is 37.1. The Bertz CT molecular complexity index is 584. The number of carbonyl (C=O) groups is 3. The van der Waals surface area contributed by atoms with Crippen LogP contribution in [-0.4, -0.2) is 160 Å².